The Kier molecular flexibility index (Phi) is 5.47. The molecule has 4 aromatic rings. The summed E-state index contributed by atoms with van der Waals surface area (Å²) in [6, 6.07) is 21.2. The zero-order chi connectivity index (χ0) is 23.7. The van der Waals surface area contributed by atoms with E-state index in [1.165, 1.54) is 10.8 Å². The summed E-state index contributed by atoms with van der Waals surface area (Å²) < 4.78 is 12.5. The van der Waals surface area contributed by atoms with Gasteiger partial charge in [-0.1, -0.05) is 48.0 Å². The molecule has 1 atom stereocenters. The number of nitrogens with zero attached hydrogens (tertiary/aromatic N) is 2. The van der Waals surface area contributed by atoms with E-state index in [0.717, 1.165) is 5.56 Å². The second kappa shape index (κ2) is 8.74. The molecular formula is C26H21N3O5. The second-order valence-corrected chi connectivity index (χ2v) is 7.86. The van der Waals surface area contributed by atoms with Gasteiger partial charge >= 0.3 is 0 Å². The van der Waals surface area contributed by atoms with Gasteiger partial charge in [-0.3, -0.25) is 9.59 Å². The molecule has 8 heteroatoms. The van der Waals surface area contributed by atoms with Crippen LogP contribution in [0.15, 0.2) is 82.7 Å². The molecule has 170 valence electrons. The third-order valence-electron chi connectivity index (χ3n) is 5.57. The Balaban J connectivity index is 1.46. The van der Waals surface area contributed by atoms with Crippen molar-refractivity contribution in [1.29, 1.82) is 0 Å². The van der Waals surface area contributed by atoms with Gasteiger partial charge in [0.25, 0.3) is 11.5 Å². The first-order valence-corrected chi connectivity index (χ1v) is 10.7. The van der Waals surface area contributed by atoms with Crippen LogP contribution in [0.1, 0.15) is 11.1 Å². The minimum atomic E-state index is -0.876. The molecule has 3 aromatic carbocycles. The van der Waals surface area contributed by atoms with Crippen molar-refractivity contribution in [3.05, 3.63) is 94.3 Å². The van der Waals surface area contributed by atoms with E-state index in [2.05, 4.69) is 10.5 Å². The van der Waals surface area contributed by atoms with E-state index >= 15 is 0 Å². The maximum atomic E-state index is 13.1. The summed E-state index contributed by atoms with van der Waals surface area (Å²) in [6.07, 6.45) is 0.441. The maximum Gasteiger partial charge on any atom is 0.284 e. The zero-order valence-electron chi connectivity index (χ0n) is 18.3. The van der Waals surface area contributed by atoms with Crippen LogP contribution in [0.5, 0.6) is 17.4 Å². The van der Waals surface area contributed by atoms with Crippen molar-refractivity contribution in [2.75, 3.05) is 6.61 Å². The molecule has 0 radical (unpaired) electrons. The van der Waals surface area contributed by atoms with Gasteiger partial charge in [0.2, 0.25) is 12.0 Å². The molecule has 1 aliphatic heterocycles. The van der Waals surface area contributed by atoms with E-state index in [1.54, 1.807) is 54.6 Å². The number of hydrogen-bond donors (Lipinski definition) is 2. The summed E-state index contributed by atoms with van der Waals surface area (Å²) in [7, 11) is 0. The van der Waals surface area contributed by atoms with Gasteiger partial charge in [0.1, 0.15) is 6.61 Å². The number of hydrogen-bond acceptors (Lipinski definition) is 6. The summed E-state index contributed by atoms with van der Waals surface area (Å²) in [5, 5.41) is 16.0. The number of ether oxygens (including phenoxy) is 2. The standard InChI is InChI=1S/C26H21N3O5/c1-16-10-12-17(13-11-16)29-25(31)19-7-3-2-6-18(19)20(26(29)32)14-27-28-24(30)23-15-33-21-8-4-5-9-22(21)34-23/h2-14,23,32H,15H2,1H3,(H,28,30)/b27-14-. The van der Waals surface area contributed by atoms with Crippen LogP contribution in [0, 0.1) is 6.92 Å². The molecule has 0 fully saturated rings. The Morgan fingerprint density at radius 1 is 1.03 bits per heavy atom. The molecule has 0 spiro atoms. The van der Waals surface area contributed by atoms with Gasteiger partial charge < -0.3 is 14.6 Å². The molecule has 0 saturated carbocycles. The molecule has 1 unspecified atom stereocenters. The average Bonchev–Trinajstić information content (AvgIpc) is 2.87. The number of para-hydroxylation sites is 2. The van der Waals surface area contributed by atoms with Gasteiger partial charge in [0, 0.05) is 10.8 Å². The molecule has 2 heterocycles. The molecule has 1 aromatic heterocycles. The predicted molar refractivity (Wildman–Crippen MR) is 128 cm³/mol. The lowest BCUT2D eigenvalue weighted by Crippen LogP contribution is -2.42. The van der Waals surface area contributed by atoms with Crippen LogP contribution < -0.4 is 20.5 Å². The molecular weight excluding hydrogens is 434 g/mol. The number of carbonyl (C=O) groups is 1. The fraction of sp³-hybridized carbons (Fsp3) is 0.115. The van der Waals surface area contributed by atoms with Crippen molar-refractivity contribution in [2.45, 2.75) is 13.0 Å². The van der Waals surface area contributed by atoms with Crippen LogP contribution in [0.25, 0.3) is 16.5 Å². The first kappa shape index (κ1) is 21.3. The maximum absolute atomic E-state index is 13.1. The van der Waals surface area contributed by atoms with Crippen molar-refractivity contribution in [2.24, 2.45) is 5.10 Å². The zero-order valence-corrected chi connectivity index (χ0v) is 18.3. The molecule has 34 heavy (non-hydrogen) atoms. The normalized spacial score (nSPS) is 14.9. The SMILES string of the molecule is Cc1ccc(-n2c(O)c(/C=N\NC(=O)C3COc4ccccc4O3)c3ccccc3c2=O)cc1. The second-order valence-electron chi connectivity index (χ2n) is 7.86. The molecule has 1 amide bonds. The van der Waals surface area contributed by atoms with Crippen LogP contribution in [-0.2, 0) is 4.79 Å². The lowest BCUT2D eigenvalue weighted by Gasteiger charge is -2.24. The third-order valence-corrected chi connectivity index (χ3v) is 5.57. The summed E-state index contributed by atoms with van der Waals surface area (Å²) in [4.78, 5) is 25.7. The average molecular weight is 455 g/mol. The number of aryl methyl sites for hydroxylation is 1. The number of rotatable bonds is 4. The largest absolute Gasteiger partial charge is 0.494 e. The number of pyridine rings is 1. The number of carbonyl (C=O) groups excluding carboxylic acids is 1. The Labute approximate surface area is 194 Å². The third kappa shape index (κ3) is 3.86. The summed E-state index contributed by atoms with van der Waals surface area (Å²) in [5.74, 6) is 0.273. The topological polar surface area (TPSA) is 102 Å². The molecule has 1 aliphatic rings. The highest BCUT2D eigenvalue weighted by Gasteiger charge is 2.27. The Bertz CT molecular complexity index is 1470. The monoisotopic (exact) mass is 455 g/mol. The van der Waals surface area contributed by atoms with E-state index in [4.69, 9.17) is 9.47 Å². The number of aromatic nitrogens is 1. The number of fused-ring (bicyclic) bond motifs is 2. The van der Waals surface area contributed by atoms with Gasteiger partial charge in [-0.05, 0) is 37.3 Å². The van der Waals surface area contributed by atoms with Crippen molar-refractivity contribution in [3.8, 4) is 23.1 Å². The molecule has 5 rings (SSSR count). The first-order chi connectivity index (χ1) is 16.5. The number of hydrazone groups is 1. The number of benzene rings is 3. The Hall–Kier alpha value is -4.59. The molecule has 0 aliphatic carbocycles. The summed E-state index contributed by atoms with van der Waals surface area (Å²) in [6.45, 7) is 1.98. The number of aromatic hydroxyl groups is 1. The highest BCUT2D eigenvalue weighted by atomic mass is 16.6. The lowest BCUT2D eigenvalue weighted by atomic mass is 10.1. The summed E-state index contributed by atoms with van der Waals surface area (Å²) >= 11 is 0. The predicted octanol–water partition coefficient (Wildman–Crippen LogP) is 3.29. The van der Waals surface area contributed by atoms with Crippen LogP contribution in [0.3, 0.4) is 0 Å². The highest BCUT2D eigenvalue weighted by Crippen LogP contribution is 2.31. The highest BCUT2D eigenvalue weighted by molar-refractivity contribution is 6.02. The van der Waals surface area contributed by atoms with Gasteiger partial charge in [-0.15, -0.1) is 0 Å². The van der Waals surface area contributed by atoms with Crippen LogP contribution in [0.4, 0.5) is 0 Å². The van der Waals surface area contributed by atoms with Crippen molar-refractivity contribution >= 4 is 22.9 Å². The van der Waals surface area contributed by atoms with Crippen LogP contribution >= 0.6 is 0 Å². The van der Waals surface area contributed by atoms with E-state index in [9.17, 15) is 14.7 Å². The van der Waals surface area contributed by atoms with Crippen LogP contribution in [-0.4, -0.2) is 34.5 Å². The smallest absolute Gasteiger partial charge is 0.284 e. The fourth-order valence-electron chi connectivity index (χ4n) is 3.80. The van der Waals surface area contributed by atoms with Gasteiger partial charge in [0.05, 0.1) is 17.5 Å². The molecule has 0 saturated heterocycles. The van der Waals surface area contributed by atoms with E-state index in [1.807, 2.05) is 25.1 Å². The van der Waals surface area contributed by atoms with E-state index in [0.29, 0.717) is 33.5 Å². The Morgan fingerprint density at radius 2 is 1.71 bits per heavy atom. The van der Waals surface area contributed by atoms with E-state index < -0.39 is 12.0 Å². The minimum Gasteiger partial charge on any atom is -0.494 e. The van der Waals surface area contributed by atoms with Crippen molar-refractivity contribution in [1.82, 2.24) is 9.99 Å². The minimum absolute atomic E-state index is 0.0465. The van der Waals surface area contributed by atoms with Crippen molar-refractivity contribution in [3.63, 3.8) is 0 Å². The van der Waals surface area contributed by atoms with Gasteiger partial charge in [-0.2, -0.15) is 5.10 Å². The lowest BCUT2D eigenvalue weighted by molar-refractivity contribution is -0.130. The number of nitrogens with one attached hydrogen (secondary N) is 1. The first-order valence-electron chi connectivity index (χ1n) is 10.7. The van der Waals surface area contributed by atoms with E-state index in [-0.39, 0.29) is 18.0 Å². The molecule has 0 bridgehead atoms. The van der Waals surface area contributed by atoms with Crippen molar-refractivity contribution < 1.29 is 19.4 Å². The summed E-state index contributed by atoms with van der Waals surface area (Å²) in [5.41, 5.74) is 3.91. The van der Waals surface area contributed by atoms with Crippen LogP contribution in [0.2, 0.25) is 0 Å². The quantitative estimate of drug-likeness (QED) is 0.363. The van der Waals surface area contributed by atoms with Gasteiger partial charge in [0.15, 0.2) is 11.5 Å². The fourth-order valence-corrected chi connectivity index (χ4v) is 3.80. The van der Waals surface area contributed by atoms with Gasteiger partial charge in [-0.25, -0.2) is 9.99 Å². The molecule has 8 nitrogen and oxygen atoms in total. The number of amides is 1. The Morgan fingerprint density at radius 3 is 2.47 bits per heavy atom. The molecule has 2 N–H and O–H groups in total.